The predicted octanol–water partition coefficient (Wildman–Crippen LogP) is 4.96. The molecule has 2 heterocycles. The minimum absolute atomic E-state index is 0.159. The van der Waals surface area contributed by atoms with Crippen LogP contribution in [0, 0.1) is 5.82 Å². The lowest BCUT2D eigenvalue weighted by atomic mass is 10.1. The van der Waals surface area contributed by atoms with Crippen LogP contribution in [0.4, 0.5) is 10.3 Å². The maximum absolute atomic E-state index is 14.3. The van der Waals surface area contributed by atoms with Gasteiger partial charge >= 0.3 is 0 Å². The van der Waals surface area contributed by atoms with E-state index in [1.54, 1.807) is 24.3 Å². The number of hydrogen-bond acceptors (Lipinski definition) is 5. The van der Waals surface area contributed by atoms with E-state index in [0.29, 0.717) is 23.7 Å². The van der Waals surface area contributed by atoms with Gasteiger partial charge in [0, 0.05) is 23.7 Å². The van der Waals surface area contributed by atoms with Gasteiger partial charge in [-0.15, -0.1) is 0 Å². The fourth-order valence-corrected chi connectivity index (χ4v) is 4.77. The first-order valence-corrected chi connectivity index (χ1v) is 10.8. The van der Waals surface area contributed by atoms with E-state index in [9.17, 15) is 12.8 Å². The Morgan fingerprint density at radius 2 is 1.68 bits per heavy atom. The molecule has 1 aromatic heterocycles. The van der Waals surface area contributed by atoms with Crippen LogP contribution in [0.3, 0.4) is 0 Å². The molecule has 0 atom stereocenters. The summed E-state index contributed by atoms with van der Waals surface area (Å²) in [5.74, 6) is -0.497. The fourth-order valence-electron chi connectivity index (χ4n) is 3.25. The molecule has 0 unspecified atom stereocenters. The van der Waals surface area contributed by atoms with Crippen molar-refractivity contribution in [2.45, 2.75) is 29.2 Å². The van der Waals surface area contributed by atoms with E-state index >= 15 is 0 Å². The van der Waals surface area contributed by atoms with E-state index in [1.165, 1.54) is 18.2 Å². The average Bonchev–Trinajstić information content (AvgIpc) is 3.16. The van der Waals surface area contributed by atoms with Gasteiger partial charge in [0.1, 0.15) is 10.7 Å². The highest BCUT2D eigenvalue weighted by Gasteiger charge is 2.33. The van der Waals surface area contributed by atoms with Crippen molar-refractivity contribution in [1.29, 1.82) is 0 Å². The van der Waals surface area contributed by atoms with Crippen molar-refractivity contribution < 1.29 is 17.2 Å². The van der Waals surface area contributed by atoms with Gasteiger partial charge in [0.15, 0.2) is 0 Å². The van der Waals surface area contributed by atoms with Crippen LogP contribution >= 0.6 is 11.6 Å². The Morgan fingerprint density at radius 1 is 1.00 bits per heavy atom. The summed E-state index contributed by atoms with van der Waals surface area (Å²) in [6.45, 7) is 1.32. The van der Waals surface area contributed by atoms with Crippen molar-refractivity contribution >= 4 is 27.3 Å². The smallest absolute Gasteiger partial charge is 0.236 e. The van der Waals surface area contributed by atoms with Crippen LogP contribution < -0.4 is 4.90 Å². The normalized spacial score (nSPS) is 15.0. The van der Waals surface area contributed by atoms with Crippen molar-refractivity contribution in [3.63, 3.8) is 0 Å². The summed E-state index contributed by atoms with van der Waals surface area (Å²) in [5.41, 5.74) is 0.595. The highest BCUT2D eigenvalue weighted by atomic mass is 35.5. The Kier molecular flexibility index (Phi) is 5.12. The fraction of sp³-hybridized carbons (Fsp3) is 0.250. The monoisotopic (exact) mass is 420 g/mol. The zero-order valence-electron chi connectivity index (χ0n) is 14.9. The lowest BCUT2D eigenvalue weighted by Crippen LogP contribution is -2.30. The third-order valence-corrected chi connectivity index (χ3v) is 6.63. The summed E-state index contributed by atoms with van der Waals surface area (Å²) in [4.78, 5) is 5.72. The van der Waals surface area contributed by atoms with E-state index < -0.39 is 20.5 Å². The molecule has 5 nitrogen and oxygen atoms in total. The van der Waals surface area contributed by atoms with Crippen LogP contribution in [-0.2, 0) is 9.84 Å². The SMILES string of the molecule is O=S(=O)(c1ccccc1F)c1nc(-c2ccc(Cl)cc2)oc1N1CCCCC1. The van der Waals surface area contributed by atoms with Crippen LogP contribution in [0.15, 0.2) is 62.9 Å². The molecule has 2 aromatic carbocycles. The topological polar surface area (TPSA) is 63.4 Å². The molecule has 0 saturated carbocycles. The number of piperidine rings is 1. The second-order valence-corrected chi connectivity index (χ2v) is 8.89. The summed E-state index contributed by atoms with van der Waals surface area (Å²) in [6, 6.07) is 12.0. The second kappa shape index (κ2) is 7.56. The highest BCUT2D eigenvalue weighted by molar-refractivity contribution is 7.91. The average molecular weight is 421 g/mol. The van der Waals surface area contributed by atoms with Crippen LogP contribution in [0.2, 0.25) is 5.02 Å². The van der Waals surface area contributed by atoms with Gasteiger partial charge < -0.3 is 9.32 Å². The first kappa shape index (κ1) is 19.0. The van der Waals surface area contributed by atoms with Gasteiger partial charge in [0.05, 0.1) is 0 Å². The van der Waals surface area contributed by atoms with Crippen LogP contribution in [0.5, 0.6) is 0 Å². The van der Waals surface area contributed by atoms with Crippen molar-refractivity contribution in [2.24, 2.45) is 0 Å². The molecule has 1 aliphatic heterocycles. The quantitative estimate of drug-likeness (QED) is 0.597. The number of hydrogen-bond donors (Lipinski definition) is 0. The Bertz CT molecular complexity index is 1090. The van der Waals surface area contributed by atoms with Gasteiger partial charge in [-0.25, -0.2) is 12.8 Å². The predicted molar refractivity (Wildman–Crippen MR) is 105 cm³/mol. The Balaban J connectivity index is 1.87. The van der Waals surface area contributed by atoms with E-state index in [1.807, 2.05) is 4.90 Å². The maximum Gasteiger partial charge on any atom is 0.236 e. The molecule has 0 radical (unpaired) electrons. The number of sulfone groups is 1. The molecule has 0 bridgehead atoms. The van der Waals surface area contributed by atoms with Gasteiger partial charge in [-0.05, 0) is 55.7 Å². The molecule has 3 aromatic rings. The van der Waals surface area contributed by atoms with Gasteiger partial charge in [-0.3, -0.25) is 0 Å². The third-order valence-electron chi connectivity index (χ3n) is 4.69. The third kappa shape index (κ3) is 3.52. The summed E-state index contributed by atoms with van der Waals surface area (Å²) in [6.07, 6.45) is 2.93. The van der Waals surface area contributed by atoms with Gasteiger partial charge in [-0.1, -0.05) is 23.7 Å². The number of anilines is 1. The molecule has 0 amide bonds. The number of halogens is 2. The highest BCUT2D eigenvalue weighted by Crippen LogP contribution is 2.36. The van der Waals surface area contributed by atoms with Crippen molar-refractivity contribution in [3.05, 3.63) is 59.4 Å². The molecule has 8 heteroatoms. The Morgan fingerprint density at radius 3 is 2.36 bits per heavy atom. The van der Waals surface area contributed by atoms with E-state index in [4.69, 9.17) is 16.0 Å². The Labute approximate surface area is 167 Å². The van der Waals surface area contributed by atoms with Gasteiger partial charge in [-0.2, -0.15) is 4.98 Å². The van der Waals surface area contributed by atoms with E-state index in [0.717, 1.165) is 25.3 Å². The number of rotatable bonds is 4. The minimum Gasteiger partial charge on any atom is -0.419 e. The maximum atomic E-state index is 14.3. The molecule has 1 saturated heterocycles. The first-order valence-electron chi connectivity index (χ1n) is 8.98. The minimum atomic E-state index is -4.19. The van der Waals surface area contributed by atoms with E-state index in [-0.39, 0.29) is 16.8 Å². The van der Waals surface area contributed by atoms with Crippen LogP contribution in [-0.4, -0.2) is 26.5 Å². The number of benzene rings is 2. The standard InChI is InChI=1S/C20H18ClFN2O3S/c21-15-10-8-14(9-11-15)18-23-19(20(27-18)24-12-4-1-5-13-24)28(25,26)17-7-3-2-6-16(17)22/h2-3,6-11H,1,4-5,12-13H2. The summed E-state index contributed by atoms with van der Waals surface area (Å²) >= 11 is 5.93. The van der Waals surface area contributed by atoms with Gasteiger partial charge in [0.2, 0.25) is 26.6 Å². The molecule has 0 aliphatic carbocycles. The van der Waals surface area contributed by atoms with E-state index in [2.05, 4.69) is 4.98 Å². The largest absolute Gasteiger partial charge is 0.419 e. The molecule has 1 fully saturated rings. The van der Waals surface area contributed by atoms with Crippen LogP contribution in [0.1, 0.15) is 19.3 Å². The van der Waals surface area contributed by atoms with Crippen molar-refractivity contribution in [2.75, 3.05) is 18.0 Å². The lowest BCUT2D eigenvalue weighted by Gasteiger charge is -2.26. The lowest BCUT2D eigenvalue weighted by molar-refractivity contribution is 0.499. The van der Waals surface area contributed by atoms with Crippen molar-refractivity contribution in [3.8, 4) is 11.5 Å². The molecular formula is C20H18ClFN2O3S. The number of aromatic nitrogens is 1. The first-order chi connectivity index (χ1) is 13.5. The summed E-state index contributed by atoms with van der Waals surface area (Å²) in [5, 5.41) is 0.287. The summed E-state index contributed by atoms with van der Waals surface area (Å²) < 4.78 is 46.6. The second-order valence-electron chi connectivity index (χ2n) is 6.62. The number of nitrogens with zero attached hydrogens (tertiary/aromatic N) is 2. The molecule has 146 valence electrons. The molecule has 0 N–H and O–H groups in total. The molecule has 28 heavy (non-hydrogen) atoms. The van der Waals surface area contributed by atoms with Gasteiger partial charge in [0.25, 0.3) is 0 Å². The molecular weight excluding hydrogens is 403 g/mol. The molecule has 4 rings (SSSR count). The van der Waals surface area contributed by atoms with Crippen LogP contribution in [0.25, 0.3) is 11.5 Å². The Hall–Kier alpha value is -2.38. The molecule has 1 aliphatic rings. The number of oxazole rings is 1. The van der Waals surface area contributed by atoms with Crippen molar-refractivity contribution in [1.82, 2.24) is 4.98 Å². The summed E-state index contributed by atoms with van der Waals surface area (Å²) in [7, 11) is -4.19. The zero-order chi connectivity index (χ0) is 19.7. The molecule has 0 spiro atoms. The zero-order valence-corrected chi connectivity index (χ0v) is 16.5.